The molecule has 2 aromatic rings. The zero-order chi connectivity index (χ0) is 15.5. The van der Waals surface area contributed by atoms with Crippen LogP contribution in [-0.4, -0.2) is 23.1 Å². The Kier molecular flexibility index (Phi) is 4.78. The van der Waals surface area contributed by atoms with Crippen molar-refractivity contribution < 1.29 is 0 Å². The van der Waals surface area contributed by atoms with Crippen LogP contribution in [0.3, 0.4) is 0 Å². The molecule has 0 radical (unpaired) electrons. The van der Waals surface area contributed by atoms with Crippen LogP contribution in [0.25, 0.3) is 10.9 Å². The van der Waals surface area contributed by atoms with E-state index in [9.17, 15) is 0 Å². The number of nitrogens with zero attached hydrogens (tertiary/aromatic N) is 2. The summed E-state index contributed by atoms with van der Waals surface area (Å²) in [6.07, 6.45) is 4.92. The van der Waals surface area contributed by atoms with Crippen molar-refractivity contribution in [3.63, 3.8) is 0 Å². The second kappa shape index (κ2) is 6.79. The van der Waals surface area contributed by atoms with Crippen molar-refractivity contribution in [1.82, 2.24) is 9.97 Å². The number of anilines is 2. The molecule has 0 bridgehead atoms. The molecule has 6 heteroatoms. The fourth-order valence-corrected chi connectivity index (χ4v) is 3.47. The molecule has 0 amide bonds. The Labute approximate surface area is 139 Å². The molecule has 1 heterocycles. The molecule has 1 saturated carbocycles. The van der Waals surface area contributed by atoms with Gasteiger partial charge in [0.1, 0.15) is 5.82 Å². The van der Waals surface area contributed by atoms with Gasteiger partial charge in [0.2, 0.25) is 5.95 Å². The maximum atomic E-state index is 6.05. The minimum absolute atomic E-state index is 0.514. The third-order valence-electron chi connectivity index (χ3n) is 4.54. The van der Waals surface area contributed by atoms with E-state index in [1.807, 2.05) is 18.2 Å². The highest BCUT2D eigenvalue weighted by atomic mass is 79.9. The standard InChI is InChI=1S/C16H22BrN5/c17-12-5-6-14-13(7-12)15(19)22-16(21-14)20-9-11-3-1-10(8-18)2-4-11/h5-7,10-11H,1-4,8-9,18H2,(H3,19,20,21,22). The Bertz CT molecular complexity index is 652. The zero-order valence-electron chi connectivity index (χ0n) is 12.6. The first-order chi connectivity index (χ1) is 10.7. The van der Waals surface area contributed by atoms with Gasteiger partial charge in [0, 0.05) is 16.4 Å². The van der Waals surface area contributed by atoms with Crippen LogP contribution in [0.4, 0.5) is 11.8 Å². The fourth-order valence-electron chi connectivity index (χ4n) is 3.11. The lowest BCUT2D eigenvalue weighted by atomic mass is 9.82. The highest BCUT2D eigenvalue weighted by Gasteiger charge is 2.20. The number of nitrogens with one attached hydrogen (secondary N) is 1. The Hall–Kier alpha value is -1.40. The van der Waals surface area contributed by atoms with E-state index in [1.165, 1.54) is 25.7 Å². The first-order valence-electron chi connectivity index (χ1n) is 7.82. The first-order valence-corrected chi connectivity index (χ1v) is 8.61. The van der Waals surface area contributed by atoms with Gasteiger partial charge in [0.05, 0.1) is 5.52 Å². The van der Waals surface area contributed by atoms with Crippen molar-refractivity contribution in [2.24, 2.45) is 17.6 Å². The van der Waals surface area contributed by atoms with Gasteiger partial charge in [-0.3, -0.25) is 0 Å². The summed E-state index contributed by atoms with van der Waals surface area (Å²) in [4.78, 5) is 8.92. The van der Waals surface area contributed by atoms with Crippen LogP contribution in [0.15, 0.2) is 22.7 Å². The topological polar surface area (TPSA) is 89.8 Å². The summed E-state index contributed by atoms with van der Waals surface area (Å²) in [5.74, 6) is 2.52. The van der Waals surface area contributed by atoms with Gasteiger partial charge < -0.3 is 16.8 Å². The SMILES string of the molecule is NCC1CCC(CNc2nc(N)c3cc(Br)ccc3n2)CC1. The molecule has 1 aliphatic carbocycles. The van der Waals surface area contributed by atoms with E-state index in [4.69, 9.17) is 11.5 Å². The van der Waals surface area contributed by atoms with E-state index in [-0.39, 0.29) is 0 Å². The van der Waals surface area contributed by atoms with Crippen LogP contribution in [0.5, 0.6) is 0 Å². The zero-order valence-corrected chi connectivity index (χ0v) is 14.1. The average Bonchev–Trinajstić information content (AvgIpc) is 2.54. The third-order valence-corrected chi connectivity index (χ3v) is 5.03. The van der Waals surface area contributed by atoms with Gasteiger partial charge in [-0.05, 0) is 62.3 Å². The minimum atomic E-state index is 0.514. The number of rotatable bonds is 4. The summed E-state index contributed by atoms with van der Waals surface area (Å²) in [6.45, 7) is 1.72. The van der Waals surface area contributed by atoms with Gasteiger partial charge >= 0.3 is 0 Å². The number of fused-ring (bicyclic) bond motifs is 1. The summed E-state index contributed by atoms with van der Waals surface area (Å²) in [7, 11) is 0. The fraction of sp³-hybridized carbons (Fsp3) is 0.500. The number of halogens is 1. The number of benzene rings is 1. The average molecular weight is 364 g/mol. The Balaban J connectivity index is 1.66. The number of aromatic nitrogens is 2. The summed E-state index contributed by atoms with van der Waals surface area (Å²) >= 11 is 3.44. The van der Waals surface area contributed by atoms with Crippen molar-refractivity contribution in [3.05, 3.63) is 22.7 Å². The molecule has 1 fully saturated rings. The highest BCUT2D eigenvalue weighted by Crippen LogP contribution is 2.28. The summed E-state index contributed by atoms with van der Waals surface area (Å²) < 4.78 is 0.979. The Morgan fingerprint density at radius 3 is 2.59 bits per heavy atom. The quantitative estimate of drug-likeness (QED) is 0.775. The maximum Gasteiger partial charge on any atom is 0.225 e. The van der Waals surface area contributed by atoms with Gasteiger partial charge in [0.25, 0.3) is 0 Å². The summed E-state index contributed by atoms with van der Waals surface area (Å²) in [5.41, 5.74) is 12.7. The number of nitrogens with two attached hydrogens (primary N) is 2. The molecule has 118 valence electrons. The van der Waals surface area contributed by atoms with Gasteiger partial charge in [-0.2, -0.15) is 4.98 Å². The number of nitrogen functional groups attached to an aromatic ring is 1. The van der Waals surface area contributed by atoms with E-state index in [0.717, 1.165) is 28.5 Å². The van der Waals surface area contributed by atoms with Crippen molar-refractivity contribution in [1.29, 1.82) is 0 Å². The smallest absolute Gasteiger partial charge is 0.225 e. The first kappa shape index (κ1) is 15.5. The van der Waals surface area contributed by atoms with Crippen LogP contribution in [-0.2, 0) is 0 Å². The van der Waals surface area contributed by atoms with E-state index < -0.39 is 0 Å². The van der Waals surface area contributed by atoms with E-state index in [2.05, 4.69) is 31.2 Å². The predicted octanol–water partition coefficient (Wildman–Crippen LogP) is 3.15. The largest absolute Gasteiger partial charge is 0.383 e. The molecule has 22 heavy (non-hydrogen) atoms. The Morgan fingerprint density at radius 2 is 1.86 bits per heavy atom. The molecule has 1 aromatic carbocycles. The molecule has 1 aliphatic rings. The molecule has 0 spiro atoms. The van der Waals surface area contributed by atoms with Gasteiger partial charge in [0.15, 0.2) is 0 Å². The lowest BCUT2D eigenvalue weighted by molar-refractivity contribution is 0.289. The van der Waals surface area contributed by atoms with E-state index in [1.54, 1.807) is 0 Å². The molecule has 0 aliphatic heterocycles. The molecule has 0 unspecified atom stereocenters. The van der Waals surface area contributed by atoms with Crippen molar-refractivity contribution in [2.45, 2.75) is 25.7 Å². The minimum Gasteiger partial charge on any atom is -0.383 e. The van der Waals surface area contributed by atoms with E-state index >= 15 is 0 Å². The van der Waals surface area contributed by atoms with Crippen LogP contribution in [0.1, 0.15) is 25.7 Å². The lowest BCUT2D eigenvalue weighted by Gasteiger charge is -2.27. The van der Waals surface area contributed by atoms with Crippen molar-refractivity contribution in [2.75, 3.05) is 24.1 Å². The number of hydrogen-bond donors (Lipinski definition) is 3. The normalized spacial score (nSPS) is 21.9. The molecule has 3 rings (SSSR count). The van der Waals surface area contributed by atoms with Crippen LogP contribution in [0.2, 0.25) is 0 Å². The second-order valence-corrected chi connectivity index (χ2v) is 7.01. The monoisotopic (exact) mass is 363 g/mol. The summed E-state index contributed by atoms with van der Waals surface area (Å²) in [6, 6.07) is 5.87. The molecular formula is C16H22BrN5. The Morgan fingerprint density at radius 1 is 1.14 bits per heavy atom. The molecule has 0 saturated heterocycles. The van der Waals surface area contributed by atoms with Crippen LogP contribution < -0.4 is 16.8 Å². The van der Waals surface area contributed by atoms with E-state index in [0.29, 0.717) is 23.6 Å². The second-order valence-electron chi connectivity index (χ2n) is 6.10. The van der Waals surface area contributed by atoms with Crippen molar-refractivity contribution >= 4 is 38.6 Å². The van der Waals surface area contributed by atoms with Crippen LogP contribution >= 0.6 is 15.9 Å². The summed E-state index contributed by atoms with van der Waals surface area (Å²) in [5, 5.41) is 4.23. The molecule has 5 nitrogen and oxygen atoms in total. The van der Waals surface area contributed by atoms with Crippen LogP contribution in [0, 0.1) is 11.8 Å². The van der Waals surface area contributed by atoms with Gasteiger partial charge in [-0.25, -0.2) is 4.98 Å². The predicted molar refractivity (Wildman–Crippen MR) is 94.6 cm³/mol. The highest BCUT2D eigenvalue weighted by molar-refractivity contribution is 9.10. The molecule has 5 N–H and O–H groups in total. The van der Waals surface area contributed by atoms with Gasteiger partial charge in [-0.15, -0.1) is 0 Å². The molecule has 1 aromatic heterocycles. The van der Waals surface area contributed by atoms with Gasteiger partial charge in [-0.1, -0.05) is 15.9 Å². The molecular weight excluding hydrogens is 342 g/mol. The lowest BCUT2D eigenvalue weighted by Crippen LogP contribution is -2.25. The number of hydrogen-bond acceptors (Lipinski definition) is 5. The maximum absolute atomic E-state index is 6.05. The molecule has 0 atom stereocenters. The third kappa shape index (κ3) is 3.50. The van der Waals surface area contributed by atoms with Crippen molar-refractivity contribution in [3.8, 4) is 0 Å².